The van der Waals surface area contributed by atoms with Crippen molar-refractivity contribution in [2.75, 3.05) is 0 Å². The van der Waals surface area contributed by atoms with E-state index in [-0.39, 0.29) is 16.9 Å². The summed E-state index contributed by atoms with van der Waals surface area (Å²) < 4.78 is 1.25. The number of rotatable bonds is 4. The first kappa shape index (κ1) is 12.1. The fraction of sp³-hybridized carbons (Fsp3) is 0.250. The average molecular weight is 247 g/mol. The summed E-state index contributed by atoms with van der Waals surface area (Å²) in [4.78, 5) is 26.6. The zero-order chi connectivity index (χ0) is 13.1. The molecule has 0 aliphatic rings. The number of hydrogen-bond donors (Lipinski definition) is 2. The number of aromatic nitrogens is 3. The van der Waals surface area contributed by atoms with Crippen molar-refractivity contribution in [1.82, 2.24) is 14.8 Å². The Labute approximate surface area is 103 Å². The molecular formula is C12H13N3O3. The number of aromatic amines is 1. The summed E-state index contributed by atoms with van der Waals surface area (Å²) in [7, 11) is 0. The van der Waals surface area contributed by atoms with Gasteiger partial charge in [0, 0.05) is 18.0 Å². The van der Waals surface area contributed by atoms with Crippen molar-refractivity contribution in [3.8, 4) is 5.82 Å². The van der Waals surface area contributed by atoms with E-state index in [0.717, 1.165) is 18.5 Å². The number of carboxylic acid groups (broad SMARTS) is 1. The van der Waals surface area contributed by atoms with Gasteiger partial charge in [0.15, 0.2) is 5.82 Å². The number of hydrogen-bond acceptors (Lipinski definition) is 3. The molecule has 2 rings (SSSR count). The quantitative estimate of drug-likeness (QED) is 0.850. The Balaban J connectivity index is 2.45. The first-order valence-corrected chi connectivity index (χ1v) is 5.62. The second kappa shape index (κ2) is 4.87. The highest BCUT2D eigenvalue weighted by atomic mass is 16.4. The van der Waals surface area contributed by atoms with Crippen LogP contribution in [0, 0.1) is 0 Å². The number of aromatic carboxylic acids is 1. The largest absolute Gasteiger partial charge is 0.478 e. The molecule has 6 heteroatoms. The fourth-order valence-corrected chi connectivity index (χ4v) is 1.69. The Morgan fingerprint density at radius 3 is 2.94 bits per heavy atom. The van der Waals surface area contributed by atoms with Crippen molar-refractivity contribution in [3.63, 3.8) is 0 Å². The Kier molecular flexibility index (Phi) is 3.27. The number of carboxylic acids is 1. The van der Waals surface area contributed by atoms with Crippen molar-refractivity contribution in [2.45, 2.75) is 19.8 Å². The summed E-state index contributed by atoms with van der Waals surface area (Å²) in [5.41, 5.74) is 0.664. The van der Waals surface area contributed by atoms with E-state index in [2.05, 4.69) is 10.1 Å². The van der Waals surface area contributed by atoms with E-state index in [4.69, 9.17) is 5.11 Å². The minimum absolute atomic E-state index is 0.0959. The van der Waals surface area contributed by atoms with Gasteiger partial charge in [0.05, 0.1) is 5.56 Å². The molecule has 0 aromatic carbocycles. The van der Waals surface area contributed by atoms with Gasteiger partial charge < -0.3 is 5.11 Å². The molecule has 0 amide bonds. The Hall–Kier alpha value is -2.37. The van der Waals surface area contributed by atoms with E-state index in [9.17, 15) is 9.59 Å². The van der Waals surface area contributed by atoms with Gasteiger partial charge in [-0.1, -0.05) is 13.3 Å². The van der Waals surface area contributed by atoms with Gasteiger partial charge in [-0.15, -0.1) is 0 Å². The first-order chi connectivity index (χ1) is 8.61. The number of aryl methyl sites for hydroxylation is 1. The molecule has 2 aromatic rings. The van der Waals surface area contributed by atoms with Crippen LogP contribution < -0.4 is 5.56 Å². The molecule has 0 fully saturated rings. The standard InChI is InChI=1S/C12H13N3O3/c1-2-3-9-7-11(16)15(14-9)10-6-8(12(17)18)4-5-13-10/h4-7,14H,2-3H2,1H3,(H,17,18). The topological polar surface area (TPSA) is 88.0 Å². The summed E-state index contributed by atoms with van der Waals surface area (Å²) in [5.74, 6) is -0.769. The van der Waals surface area contributed by atoms with Crippen molar-refractivity contribution in [1.29, 1.82) is 0 Å². The Morgan fingerprint density at radius 1 is 1.50 bits per heavy atom. The summed E-state index contributed by atoms with van der Waals surface area (Å²) >= 11 is 0. The molecule has 0 saturated heterocycles. The smallest absolute Gasteiger partial charge is 0.335 e. The van der Waals surface area contributed by atoms with Crippen LogP contribution in [0.4, 0.5) is 0 Å². The molecule has 0 aliphatic carbocycles. The molecule has 0 unspecified atom stereocenters. The van der Waals surface area contributed by atoms with Gasteiger partial charge in [-0.3, -0.25) is 9.89 Å². The number of carbonyl (C=O) groups is 1. The number of pyridine rings is 1. The zero-order valence-electron chi connectivity index (χ0n) is 9.88. The third-order valence-corrected chi connectivity index (χ3v) is 2.51. The molecule has 0 spiro atoms. The number of H-pyrrole nitrogens is 1. The fourth-order valence-electron chi connectivity index (χ4n) is 1.69. The predicted octanol–water partition coefficient (Wildman–Crippen LogP) is 1.21. The van der Waals surface area contributed by atoms with Crippen molar-refractivity contribution in [3.05, 3.63) is 46.0 Å². The summed E-state index contributed by atoms with van der Waals surface area (Å²) in [6.07, 6.45) is 3.05. The van der Waals surface area contributed by atoms with Crippen LogP contribution in [0.15, 0.2) is 29.2 Å². The van der Waals surface area contributed by atoms with E-state index >= 15 is 0 Å². The highest BCUT2D eigenvalue weighted by molar-refractivity contribution is 5.87. The normalized spacial score (nSPS) is 10.5. The first-order valence-electron chi connectivity index (χ1n) is 5.62. The van der Waals surface area contributed by atoms with Gasteiger partial charge in [-0.2, -0.15) is 0 Å². The maximum atomic E-state index is 11.7. The minimum Gasteiger partial charge on any atom is -0.478 e. The van der Waals surface area contributed by atoms with E-state index in [0.29, 0.717) is 0 Å². The van der Waals surface area contributed by atoms with E-state index in [1.54, 1.807) is 0 Å². The van der Waals surface area contributed by atoms with E-state index in [1.165, 1.54) is 29.1 Å². The molecule has 94 valence electrons. The van der Waals surface area contributed by atoms with Crippen LogP contribution in [0.2, 0.25) is 0 Å². The summed E-state index contributed by atoms with van der Waals surface area (Å²) in [6.45, 7) is 2.01. The molecule has 0 bridgehead atoms. The van der Waals surface area contributed by atoms with Crippen molar-refractivity contribution in [2.24, 2.45) is 0 Å². The molecule has 6 nitrogen and oxygen atoms in total. The highest BCUT2D eigenvalue weighted by Crippen LogP contribution is 2.06. The van der Waals surface area contributed by atoms with Crippen LogP contribution in [0.3, 0.4) is 0 Å². The van der Waals surface area contributed by atoms with E-state index < -0.39 is 5.97 Å². The highest BCUT2D eigenvalue weighted by Gasteiger charge is 2.09. The molecular weight excluding hydrogens is 234 g/mol. The van der Waals surface area contributed by atoms with Gasteiger partial charge in [-0.05, 0) is 18.6 Å². The lowest BCUT2D eigenvalue weighted by Crippen LogP contribution is -2.15. The van der Waals surface area contributed by atoms with Crippen molar-refractivity contribution >= 4 is 5.97 Å². The van der Waals surface area contributed by atoms with Gasteiger partial charge >= 0.3 is 5.97 Å². The summed E-state index contributed by atoms with van der Waals surface area (Å²) in [5, 5.41) is 11.8. The van der Waals surface area contributed by atoms with Crippen LogP contribution >= 0.6 is 0 Å². The Morgan fingerprint density at radius 2 is 2.28 bits per heavy atom. The van der Waals surface area contributed by atoms with Crippen molar-refractivity contribution < 1.29 is 9.90 Å². The van der Waals surface area contributed by atoms with Gasteiger partial charge in [-0.25, -0.2) is 14.5 Å². The van der Waals surface area contributed by atoms with Crippen LogP contribution in [-0.4, -0.2) is 25.8 Å². The second-order valence-electron chi connectivity index (χ2n) is 3.91. The SMILES string of the molecule is CCCc1cc(=O)n(-c2cc(C(=O)O)ccn2)[nH]1. The van der Waals surface area contributed by atoms with Crippen LogP contribution in [0.25, 0.3) is 5.82 Å². The molecule has 0 aliphatic heterocycles. The lowest BCUT2D eigenvalue weighted by atomic mass is 10.2. The van der Waals surface area contributed by atoms with Gasteiger partial charge in [0.1, 0.15) is 0 Å². The third-order valence-electron chi connectivity index (χ3n) is 2.51. The lowest BCUT2D eigenvalue weighted by Gasteiger charge is -2.02. The average Bonchev–Trinajstić information content (AvgIpc) is 2.71. The molecule has 2 aromatic heterocycles. The van der Waals surface area contributed by atoms with Gasteiger partial charge in [0.2, 0.25) is 0 Å². The minimum atomic E-state index is -1.05. The second-order valence-corrected chi connectivity index (χ2v) is 3.91. The molecule has 0 atom stereocenters. The number of nitrogens with zero attached hydrogens (tertiary/aromatic N) is 2. The maximum Gasteiger partial charge on any atom is 0.335 e. The molecule has 0 saturated carbocycles. The zero-order valence-corrected chi connectivity index (χ0v) is 9.88. The molecule has 18 heavy (non-hydrogen) atoms. The maximum absolute atomic E-state index is 11.7. The molecule has 2 heterocycles. The van der Waals surface area contributed by atoms with Crippen LogP contribution in [0.1, 0.15) is 29.4 Å². The van der Waals surface area contributed by atoms with Crippen LogP contribution in [-0.2, 0) is 6.42 Å². The van der Waals surface area contributed by atoms with Crippen LogP contribution in [0.5, 0.6) is 0 Å². The monoisotopic (exact) mass is 247 g/mol. The summed E-state index contributed by atoms with van der Waals surface area (Å²) in [6, 6.07) is 4.24. The third kappa shape index (κ3) is 2.32. The lowest BCUT2D eigenvalue weighted by molar-refractivity contribution is 0.0696. The predicted molar refractivity (Wildman–Crippen MR) is 65.1 cm³/mol. The molecule has 2 N–H and O–H groups in total. The Bertz CT molecular complexity index is 627. The molecule has 0 radical (unpaired) electrons. The van der Waals surface area contributed by atoms with Gasteiger partial charge in [0.25, 0.3) is 5.56 Å². The number of nitrogens with one attached hydrogen (secondary N) is 1. The van der Waals surface area contributed by atoms with E-state index in [1.807, 2.05) is 6.92 Å².